The fraction of sp³-hybridized carbons (Fsp3) is 0.425. The molecule has 18 heteroatoms. The Morgan fingerprint density at radius 3 is 2.33 bits per heavy atom. The lowest BCUT2D eigenvalue weighted by Gasteiger charge is -2.52. The minimum atomic E-state index is -1.17. The number of benzene rings is 3. The van der Waals surface area contributed by atoms with E-state index in [-0.39, 0.29) is 5.91 Å². The first-order valence-corrected chi connectivity index (χ1v) is 20.1. The summed E-state index contributed by atoms with van der Waals surface area (Å²) in [5.74, 6) is -0.967. The monoisotopic (exact) mass is 830 g/mol. The first kappa shape index (κ1) is 39.7. The molecule has 5 fully saturated rings. The van der Waals surface area contributed by atoms with Gasteiger partial charge in [0.2, 0.25) is 17.9 Å². The standard InChI is InChI=1S/C40H44Cl2N10O6/c1-58-32-10-7-26(33-44-46-47-45-33)23-29(32)35(53)50-18-12-39(25-50,28-8-9-30(41)31(42)24-28)11-15-48-16-13-40(14-17-48,27-5-3-2-4-6-27)37(56)43-38(57)52-34(36(54)55)49-19-21-51(52)22-20-49/h2-10,23-24,34H,11-22,25H2,1H3,(H,54,55)(H,43,56,57)(H,44,45,46,47). The number of amides is 4. The molecule has 304 valence electrons. The summed E-state index contributed by atoms with van der Waals surface area (Å²) >= 11 is 13.0. The largest absolute Gasteiger partial charge is 0.496 e. The molecule has 0 radical (unpaired) electrons. The lowest BCUT2D eigenvalue weighted by atomic mass is 9.71. The van der Waals surface area contributed by atoms with Crippen LogP contribution in [0, 0.1) is 0 Å². The molecule has 9 rings (SSSR count). The van der Waals surface area contributed by atoms with Gasteiger partial charge in [0.25, 0.3) is 5.91 Å². The number of imide groups is 1. The maximum Gasteiger partial charge on any atom is 0.343 e. The van der Waals surface area contributed by atoms with Crippen LogP contribution in [0.4, 0.5) is 4.79 Å². The minimum Gasteiger partial charge on any atom is -0.496 e. The van der Waals surface area contributed by atoms with Crippen LogP contribution in [0.15, 0.2) is 66.7 Å². The van der Waals surface area contributed by atoms with Crippen LogP contribution < -0.4 is 10.1 Å². The van der Waals surface area contributed by atoms with Crippen molar-refractivity contribution < 1.29 is 29.0 Å². The van der Waals surface area contributed by atoms with Crippen molar-refractivity contribution in [2.45, 2.75) is 42.7 Å². The maximum atomic E-state index is 14.3. The lowest BCUT2D eigenvalue weighted by Crippen LogP contribution is -2.74. The normalized spacial score (nSPS) is 24.1. The molecule has 0 saturated carbocycles. The Labute approximate surface area is 344 Å². The number of piperidine rings is 1. The van der Waals surface area contributed by atoms with Gasteiger partial charge in [-0.15, -0.1) is 10.2 Å². The van der Waals surface area contributed by atoms with Gasteiger partial charge in [-0.05, 0) is 92.0 Å². The number of ether oxygens (including phenoxy) is 1. The number of hydrogen-bond acceptors (Lipinski definition) is 11. The molecule has 1 aromatic heterocycles. The number of hydrazine groups is 1. The van der Waals surface area contributed by atoms with E-state index in [0.29, 0.717) is 117 Å². The highest BCUT2D eigenvalue weighted by Gasteiger charge is 2.49. The first-order valence-electron chi connectivity index (χ1n) is 19.3. The Morgan fingerprint density at radius 2 is 1.66 bits per heavy atom. The average Bonchev–Trinajstić information content (AvgIpc) is 3.96. The number of halogens is 2. The van der Waals surface area contributed by atoms with Gasteiger partial charge in [-0.2, -0.15) is 5.21 Å². The number of tetrazole rings is 1. The van der Waals surface area contributed by atoms with Crippen molar-refractivity contribution in [2.24, 2.45) is 0 Å². The van der Waals surface area contributed by atoms with Crippen molar-refractivity contribution in [1.82, 2.24) is 50.7 Å². The topological polar surface area (TPSA) is 180 Å². The first-order chi connectivity index (χ1) is 28.0. The number of aliphatic carboxylic acids is 1. The summed E-state index contributed by atoms with van der Waals surface area (Å²) in [5.41, 5.74) is 1.33. The zero-order chi connectivity index (χ0) is 40.6. The number of aromatic nitrogens is 4. The summed E-state index contributed by atoms with van der Waals surface area (Å²) < 4.78 is 5.61. The number of carboxylic acid groups (broad SMARTS) is 1. The quantitative estimate of drug-likeness (QED) is 0.210. The third-order valence-corrected chi connectivity index (χ3v) is 13.1. The van der Waals surface area contributed by atoms with Crippen molar-refractivity contribution in [3.63, 3.8) is 0 Å². The van der Waals surface area contributed by atoms with Crippen LogP contribution in [0.25, 0.3) is 11.4 Å². The van der Waals surface area contributed by atoms with E-state index in [9.17, 15) is 24.3 Å². The molecule has 3 aromatic carbocycles. The van der Waals surface area contributed by atoms with Gasteiger partial charge in [0.1, 0.15) is 5.75 Å². The number of carboxylic acids is 1. The summed E-state index contributed by atoms with van der Waals surface area (Å²) in [7, 11) is 1.53. The smallest absolute Gasteiger partial charge is 0.343 e. The molecule has 2 unspecified atom stereocenters. The van der Waals surface area contributed by atoms with E-state index in [1.165, 1.54) is 12.1 Å². The second kappa shape index (κ2) is 16.3. The van der Waals surface area contributed by atoms with Gasteiger partial charge in [0.05, 0.1) is 28.1 Å². The molecular weight excluding hydrogens is 787 g/mol. The number of nitrogens with zero attached hydrogens (tertiary/aromatic N) is 8. The van der Waals surface area contributed by atoms with Crippen LogP contribution in [0.3, 0.4) is 0 Å². The van der Waals surface area contributed by atoms with Gasteiger partial charge >= 0.3 is 12.0 Å². The number of methoxy groups -OCH3 is 1. The van der Waals surface area contributed by atoms with E-state index in [1.54, 1.807) is 34.2 Å². The van der Waals surface area contributed by atoms with Gasteiger partial charge in [-0.25, -0.2) is 19.6 Å². The van der Waals surface area contributed by atoms with E-state index in [1.807, 2.05) is 47.4 Å². The van der Waals surface area contributed by atoms with Crippen molar-refractivity contribution >= 4 is 47.0 Å². The average molecular weight is 832 g/mol. The van der Waals surface area contributed by atoms with Crippen molar-refractivity contribution in [2.75, 3.05) is 66.0 Å². The number of H-pyrrole nitrogens is 1. The van der Waals surface area contributed by atoms with Crippen LogP contribution in [0.1, 0.15) is 47.2 Å². The zero-order valence-corrected chi connectivity index (χ0v) is 33.5. The Bertz CT molecular complexity index is 2180. The molecule has 58 heavy (non-hydrogen) atoms. The lowest BCUT2D eigenvalue weighted by molar-refractivity contribution is -0.190. The molecule has 5 saturated heterocycles. The molecule has 4 aromatic rings. The van der Waals surface area contributed by atoms with Crippen LogP contribution in [0.2, 0.25) is 10.0 Å². The van der Waals surface area contributed by atoms with Crippen LogP contribution >= 0.6 is 23.2 Å². The highest BCUT2D eigenvalue weighted by Crippen LogP contribution is 2.43. The predicted octanol–water partition coefficient (Wildman–Crippen LogP) is 3.89. The van der Waals surface area contributed by atoms with Crippen LogP contribution in [0.5, 0.6) is 5.75 Å². The fourth-order valence-electron chi connectivity index (χ4n) is 9.11. The number of piperazine rings is 1. The summed E-state index contributed by atoms with van der Waals surface area (Å²) in [5, 5.41) is 30.6. The SMILES string of the molecule is COc1ccc(-c2nn[nH]n2)cc1C(=O)N1CCC(CCN2CCC(C(=O)NC(=O)N3C(C(=O)O)N4CCN3CC4)(c3ccccc3)CC2)(c2ccc(Cl)c(Cl)c2)C1. The Balaban J connectivity index is 0.997. The Kier molecular flexibility index (Phi) is 11.1. The molecule has 5 aliphatic heterocycles. The number of hydrogen-bond donors (Lipinski definition) is 3. The zero-order valence-electron chi connectivity index (χ0n) is 31.9. The molecule has 5 aliphatic rings. The third-order valence-electron chi connectivity index (χ3n) is 12.4. The van der Waals surface area contributed by atoms with Crippen molar-refractivity contribution in [3.05, 3.63) is 93.5 Å². The molecule has 0 aliphatic carbocycles. The second-order valence-corrected chi connectivity index (χ2v) is 16.2. The predicted molar refractivity (Wildman–Crippen MR) is 213 cm³/mol. The summed E-state index contributed by atoms with van der Waals surface area (Å²) in [4.78, 5) is 60.5. The number of likely N-dealkylation sites (tertiary alicyclic amines) is 2. The minimum absolute atomic E-state index is 0.184. The van der Waals surface area contributed by atoms with Gasteiger partial charge in [-0.3, -0.25) is 19.8 Å². The molecular formula is C40H44Cl2N10O6. The highest BCUT2D eigenvalue weighted by molar-refractivity contribution is 6.42. The van der Waals surface area contributed by atoms with Gasteiger partial charge in [0.15, 0.2) is 0 Å². The summed E-state index contributed by atoms with van der Waals surface area (Å²) in [6.07, 6.45) is 1.08. The fourth-order valence-corrected chi connectivity index (χ4v) is 9.41. The van der Waals surface area contributed by atoms with E-state index in [0.717, 1.165) is 11.1 Å². The number of carbonyl (C=O) groups excluding carboxylic acids is 3. The van der Waals surface area contributed by atoms with E-state index in [4.69, 9.17) is 27.9 Å². The van der Waals surface area contributed by atoms with Crippen LogP contribution in [-0.2, 0) is 20.4 Å². The Morgan fingerprint density at radius 1 is 0.897 bits per heavy atom. The van der Waals surface area contributed by atoms with E-state index in [2.05, 4.69) is 30.8 Å². The van der Waals surface area contributed by atoms with Crippen molar-refractivity contribution in [1.29, 1.82) is 0 Å². The molecule has 3 N–H and O–H groups in total. The molecule has 2 atom stereocenters. The maximum absolute atomic E-state index is 14.3. The van der Waals surface area contributed by atoms with E-state index < -0.39 is 34.9 Å². The van der Waals surface area contributed by atoms with Gasteiger partial charge < -0.3 is 19.6 Å². The summed E-state index contributed by atoms with van der Waals surface area (Å²) in [6.45, 7) is 4.79. The van der Waals surface area contributed by atoms with Crippen molar-refractivity contribution in [3.8, 4) is 17.1 Å². The number of urea groups is 1. The molecule has 2 bridgehead atoms. The molecule has 0 spiro atoms. The molecule has 6 heterocycles. The number of fused-ring (bicyclic) bond motifs is 3. The summed E-state index contributed by atoms with van der Waals surface area (Å²) in [6, 6.07) is 19.6. The third kappa shape index (κ3) is 7.39. The number of carbonyl (C=O) groups is 4. The van der Waals surface area contributed by atoms with Gasteiger partial charge in [-0.1, -0.05) is 59.6 Å². The molecule has 4 amide bonds. The Hall–Kier alpha value is -5.13. The number of aromatic amines is 1. The second-order valence-electron chi connectivity index (χ2n) is 15.4. The highest BCUT2D eigenvalue weighted by atomic mass is 35.5. The van der Waals surface area contributed by atoms with Gasteiger partial charge in [0, 0.05) is 50.2 Å². The molecule has 16 nitrogen and oxygen atoms in total. The van der Waals surface area contributed by atoms with Crippen LogP contribution in [-0.4, -0.2) is 146 Å². The van der Waals surface area contributed by atoms with E-state index >= 15 is 0 Å². The number of nitrogens with one attached hydrogen (secondary N) is 2. The number of rotatable bonds is 10.